The normalized spacial score (nSPS) is 11.0. The Kier molecular flexibility index (Phi) is 2.76. The van der Waals surface area contributed by atoms with Crippen molar-refractivity contribution in [2.24, 2.45) is 0 Å². The minimum atomic E-state index is 0.825. The van der Waals surface area contributed by atoms with E-state index < -0.39 is 0 Å². The van der Waals surface area contributed by atoms with Crippen molar-refractivity contribution in [3.05, 3.63) is 40.3 Å². The number of fused-ring (bicyclic) bond motifs is 1. The predicted molar refractivity (Wildman–Crippen MR) is 75.1 cm³/mol. The van der Waals surface area contributed by atoms with Crippen molar-refractivity contribution >= 4 is 28.3 Å². The fourth-order valence-corrected chi connectivity index (χ4v) is 2.76. The average Bonchev–Trinajstić information content (AvgIpc) is 2.95. The molecule has 0 aliphatic rings. The number of H-pyrrole nitrogens is 1. The average molecular weight is 258 g/mol. The van der Waals surface area contributed by atoms with Gasteiger partial charge in [-0.2, -0.15) is 0 Å². The first-order valence-corrected chi connectivity index (χ1v) is 6.61. The molecule has 0 unspecified atom stereocenters. The van der Waals surface area contributed by atoms with E-state index in [0.717, 1.165) is 28.5 Å². The second-order valence-electron chi connectivity index (χ2n) is 4.28. The minimum Gasteiger partial charge on any atom is -0.340 e. The molecule has 0 aliphatic heterocycles. The van der Waals surface area contributed by atoms with E-state index >= 15 is 0 Å². The zero-order valence-corrected chi connectivity index (χ0v) is 11.2. The Bertz CT molecular complexity index is 637. The predicted octanol–water partition coefficient (Wildman–Crippen LogP) is 2.96. The van der Waals surface area contributed by atoms with E-state index in [9.17, 15) is 0 Å². The lowest BCUT2D eigenvalue weighted by molar-refractivity contribution is 0.896. The Morgan fingerprint density at radius 3 is 2.89 bits per heavy atom. The molecule has 92 valence electrons. The topological polar surface area (TPSA) is 44.8 Å². The summed E-state index contributed by atoms with van der Waals surface area (Å²) in [5, 5.41) is 1.10. The van der Waals surface area contributed by atoms with Gasteiger partial charge >= 0.3 is 0 Å². The van der Waals surface area contributed by atoms with Gasteiger partial charge in [-0.3, -0.25) is 0 Å². The molecule has 0 spiro atoms. The molecule has 3 rings (SSSR count). The molecule has 0 atom stereocenters. The number of rotatable bonds is 3. The summed E-state index contributed by atoms with van der Waals surface area (Å²) in [5.74, 6) is 0.891. The Labute approximate surface area is 109 Å². The Morgan fingerprint density at radius 2 is 2.17 bits per heavy atom. The summed E-state index contributed by atoms with van der Waals surface area (Å²) in [7, 11) is 2.03. The zero-order chi connectivity index (χ0) is 12.5. The highest BCUT2D eigenvalue weighted by atomic mass is 32.1. The first-order valence-electron chi connectivity index (χ1n) is 5.79. The van der Waals surface area contributed by atoms with E-state index in [2.05, 4.69) is 19.9 Å². The van der Waals surface area contributed by atoms with Gasteiger partial charge in [0.1, 0.15) is 0 Å². The quantitative estimate of drug-likeness (QED) is 0.785. The summed E-state index contributed by atoms with van der Waals surface area (Å²) in [6, 6.07) is 8.06. The van der Waals surface area contributed by atoms with Gasteiger partial charge < -0.3 is 9.88 Å². The van der Waals surface area contributed by atoms with E-state index in [-0.39, 0.29) is 0 Å². The van der Waals surface area contributed by atoms with E-state index in [4.69, 9.17) is 0 Å². The molecule has 5 heteroatoms. The molecule has 0 saturated carbocycles. The van der Waals surface area contributed by atoms with Gasteiger partial charge in [0.15, 0.2) is 0 Å². The number of aromatic nitrogens is 3. The lowest BCUT2D eigenvalue weighted by Crippen LogP contribution is -2.16. The van der Waals surface area contributed by atoms with E-state index in [1.54, 1.807) is 11.3 Å². The first kappa shape index (κ1) is 11.2. The molecule has 0 amide bonds. The fourth-order valence-electron chi connectivity index (χ4n) is 1.91. The zero-order valence-electron chi connectivity index (χ0n) is 10.3. The standard InChI is InChI=1S/C13H14N4S/c1-9-14-7-10(18-9)8-17(2)13-15-11-5-3-4-6-12(11)16-13/h3-7H,8H2,1-2H3,(H,15,16). The Morgan fingerprint density at radius 1 is 1.33 bits per heavy atom. The number of anilines is 1. The van der Waals surface area contributed by atoms with Gasteiger partial charge in [0.05, 0.1) is 22.6 Å². The first-order chi connectivity index (χ1) is 8.72. The summed E-state index contributed by atoms with van der Waals surface area (Å²) >= 11 is 1.72. The molecule has 0 radical (unpaired) electrons. The molecule has 2 aromatic heterocycles. The van der Waals surface area contributed by atoms with Crippen LogP contribution in [-0.2, 0) is 6.54 Å². The van der Waals surface area contributed by atoms with Gasteiger partial charge in [-0.05, 0) is 19.1 Å². The van der Waals surface area contributed by atoms with Gasteiger partial charge in [-0.15, -0.1) is 11.3 Å². The lowest BCUT2D eigenvalue weighted by Gasteiger charge is -2.13. The van der Waals surface area contributed by atoms with Crippen molar-refractivity contribution in [2.45, 2.75) is 13.5 Å². The molecule has 3 aromatic rings. The van der Waals surface area contributed by atoms with Crippen molar-refractivity contribution < 1.29 is 0 Å². The smallest absolute Gasteiger partial charge is 0.203 e. The van der Waals surface area contributed by atoms with Gasteiger partial charge in [0.2, 0.25) is 5.95 Å². The third kappa shape index (κ3) is 2.09. The summed E-state index contributed by atoms with van der Waals surface area (Å²) in [4.78, 5) is 15.5. The molecule has 18 heavy (non-hydrogen) atoms. The van der Waals surface area contributed by atoms with Crippen LogP contribution in [0.4, 0.5) is 5.95 Å². The molecule has 0 aliphatic carbocycles. The van der Waals surface area contributed by atoms with E-state index in [0.29, 0.717) is 0 Å². The van der Waals surface area contributed by atoms with Crippen LogP contribution in [0.1, 0.15) is 9.88 Å². The van der Waals surface area contributed by atoms with Crippen LogP contribution in [0.5, 0.6) is 0 Å². The Balaban J connectivity index is 1.85. The minimum absolute atomic E-state index is 0.825. The number of hydrogen-bond acceptors (Lipinski definition) is 4. The molecule has 2 heterocycles. The van der Waals surface area contributed by atoms with Gasteiger partial charge in [-0.25, -0.2) is 9.97 Å². The van der Waals surface area contributed by atoms with Gasteiger partial charge in [0.25, 0.3) is 0 Å². The molecule has 0 saturated heterocycles. The number of nitrogens with one attached hydrogen (secondary N) is 1. The summed E-state index contributed by atoms with van der Waals surface area (Å²) in [6.45, 7) is 2.85. The van der Waals surface area contributed by atoms with Crippen LogP contribution >= 0.6 is 11.3 Å². The maximum Gasteiger partial charge on any atom is 0.203 e. The number of benzene rings is 1. The monoisotopic (exact) mass is 258 g/mol. The number of imidazole rings is 1. The maximum atomic E-state index is 4.57. The molecule has 1 N–H and O–H groups in total. The maximum absolute atomic E-state index is 4.57. The van der Waals surface area contributed by atoms with Crippen LogP contribution in [0.15, 0.2) is 30.5 Å². The van der Waals surface area contributed by atoms with Crippen LogP contribution < -0.4 is 4.90 Å². The highest BCUT2D eigenvalue weighted by Gasteiger charge is 2.08. The van der Waals surface area contributed by atoms with Crippen LogP contribution in [-0.4, -0.2) is 22.0 Å². The van der Waals surface area contributed by atoms with Gasteiger partial charge in [-0.1, -0.05) is 12.1 Å². The second kappa shape index (κ2) is 4.42. The number of thiazole rings is 1. The summed E-state index contributed by atoms with van der Waals surface area (Å²) in [6.07, 6.45) is 1.93. The van der Waals surface area contributed by atoms with Crippen molar-refractivity contribution in [1.29, 1.82) is 0 Å². The lowest BCUT2D eigenvalue weighted by atomic mass is 10.3. The van der Waals surface area contributed by atoms with E-state index in [1.165, 1.54) is 4.88 Å². The van der Waals surface area contributed by atoms with Crippen molar-refractivity contribution in [3.63, 3.8) is 0 Å². The van der Waals surface area contributed by atoms with Gasteiger partial charge in [0, 0.05) is 18.1 Å². The number of para-hydroxylation sites is 2. The van der Waals surface area contributed by atoms with Crippen molar-refractivity contribution in [2.75, 3.05) is 11.9 Å². The number of hydrogen-bond donors (Lipinski definition) is 1. The van der Waals surface area contributed by atoms with Crippen LogP contribution in [0, 0.1) is 6.92 Å². The largest absolute Gasteiger partial charge is 0.340 e. The summed E-state index contributed by atoms with van der Waals surface area (Å²) in [5.41, 5.74) is 2.07. The number of aromatic amines is 1. The van der Waals surface area contributed by atoms with Crippen molar-refractivity contribution in [1.82, 2.24) is 15.0 Å². The van der Waals surface area contributed by atoms with Crippen LogP contribution in [0.25, 0.3) is 11.0 Å². The molecule has 0 fully saturated rings. The third-order valence-electron chi connectivity index (χ3n) is 2.80. The summed E-state index contributed by atoms with van der Waals surface area (Å²) < 4.78 is 0. The van der Waals surface area contributed by atoms with E-state index in [1.807, 2.05) is 44.4 Å². The molecule has 4 nitrogen and oxygen atoms in total. The Hall–Kier alpha value is -1.88. The molecular weight excluding hydrogens is 244 g/mol. The SMILES string of the molecule is Cc1ncc(CN(C)c2nc3ccccc3[nH]2)s1. The molecule has 0 bridgehead atoms. The third-order valence-corrected chi connectivity index (χ3v) is 3.70. The molecular formula is C13H14N4S. The number of nitrogens with zero attached hydrogens (tertiary/aromatic N) is 3. The fraction of sp³-hybridized carbons (Fsp3) is 0.231. The second-order valence-corrected chi connectivity index (χ2v) is 5.60. The highest BCUT2D eigenvalue weighted by Crippen LogP contribution is 2.19. The number of aryl methyl sites for hydroxylation is 1. The highest BCUT2D eigenvalue weighted by molar-refractivity contribution is 7.11. The molecule has 1 aromatic carbocycles. The van der Waals surface area contributed by atoms with Crippen molar-refractivity contribution in [3.8, 4) is 0 Å². The van der Waals surface area contributed by atoms with Crippen LogP contribution in [0.3, 0.4) is 0 Å². The van der Waals surface area contributed by atoms with Crippen LogP contribution in [0.2, 0.25) is 0 Å².